The number of hydrogen-bond donors (Lipinski definition) is 1. The Hall–Kier alpha value is -2.35. The number of methoxy groups -OCH3 is 2. The fourth-order valence-electron chi connectivity index (χ4n) is 3.37. The van der Waals surface area contributed by atoms with Crippen LogP contribution in [0.1, 0.15) is 22.0 Å². The van der Waals surface area contributed by atoms with Gasteiger partial charge in [-0.25, -0.2) is 4.39 Å². The molecule has 2 aromatic rings. The van der Waals surface area contributed by atoms with E-state index < -0.39 is 23.9 Å². The van der Waals surface area contributed by atoms with Gasteiger partial charge in [0.05, 0.1) is 44.1 Å². The number of halogens is 2. The van der Waals surface area contributed by atoms with Crippen molar-refractivity contribution in [2.24, 2.45) is 0 Å². The summed E-state index contributed by atoms with van der Waals surface area (Å²) in [5, 5.41) is 9.68. The largest absolute Gasteiger partial charge is 0.493 e. The molecule has 0 spiro atoms. The van der Waals surface area contributed by atoms with Gasteiger partial charge in [0.2, 0.25) is 0 Å². The van der Waals surface area contributed by atoms with Gasteiger partial charge in [-0.15, -0.1) is 0 Å². The van der Waals surface area contributed by atoms with Gasteiger partial charge >= 0.3 is 0 Å². The van der Waals surface area contributed by atoms with Gasteiger partial charge < -0.3 is 24.2 Å². The average molecular weight is 410 g/mol. The van der Waals surface area contributed by atoms with E-state index in [4.69, 9.17) is 25.8 Å². The number of nitrogens with zero attached hydrogens (tertiary/aromatic N) is 1. The average Bonchev–Trinajstić information content (AvgIpc) is 2.74. The summed E-state index contributed by atoms with van der Waals surface area (Å²) in [4.78, 5) is 14.6. The van der Waals surface area contributed by atoms with Gasteiger partial charge in [-0.3, -0.25) is 4.79 Å². The van der Waals surface area contributed by atoms with E-state index in [9.17, 15) is 14.3 Å². The van der Waals surface area contributed by atoms with Crippen molar-refractivity contribution in [2.75, 3.05) is 34.0 Å². The third-order valence-corrected chi connectivity index (χ3v) is 5.02. The minimum absolute atomic E-state index is 0.125. The van der Waals surface area contributed by atoms with Crippen LogP contribution >= 0.6 is 11.6 Å². The second-order valence-corrected chi connectivity index (χ2v) is 6.66. The molecule has 0 radical (unpaired) electrons. The number of carbonyl (C=O) groups is 1. The minimum atomic E-state index is -0.771. The van der Waals surface area contributed by atoms with Crippen LogP contribution in [-0.2, 0) is 4.74 Å². The van der Waals surface area contributed by atoms with Gasteiger partial charge in [-0.1, -0.05) is 23.7 Å². The third-order valence-electron chi connectivity index (χ3n) is 4.72. The number of hydrogen-bond acceptors (Lipinski definition) is 5. The van der Waals surface area contributed by atoms with Gasteiger partial charge in [-0.2, -0.15) is 0 Å². The highest BCUT2D eigenvalue weighted by Gasteiger charge is 2.37. The number of aliphatic hydroxyl groups is 1. The molecule has 1 heterocycles. The maximum absolute atomic E-state index is 14.4. The van der Waals surface area contributed by atoms with E-state index in [1.807, 2.05) is 0 Å². The lowest BCUT2D eigenvalue weighted by atomic mass is 9.96. The normalized spacial score (nSPS) is 19.4. The highest BCUT2D eigenvalue weighted by Crippen LogP contribution is 2.36. The summed E-state index contributed by atoms with van der Waals surface area (Å²) in [6, 6.07) is 8.85. The van der Waals surface area contributed by atoms with Gasteiger partial charge in [0.15, 0.2) is 17.3 Å². The minimum Gasteiger partial charge on any atom is -0.493 e. The molecule has 1 amide bonds. The molecule has 2 atom stereocenters. The Kier molecular flexibility index (Phi) is 6.39. The first-order chi connectivity index (χ1) is 13.5. The van der Waals surface area contributed by atoms with Crippen molar-refractivity contribution in [3.05, 3.63) is 58.4 Å². The molecular formula is C20H21ClFNO5. The van der Waals surface area contributed by atoms with Crippen molar-refractivity contribution in [1.29, 1.82) is 0 Å². The predicted octanol–water partition coefficient (Wildman–Crippen LogP) is 3.07. The molecule has 1 fully saturated rings. The zero-order chi connectivity index (χ0) is 20.3. The fourth-order valence-corrected chi connectivity index (χ4v) is 3.54. The summed E-state index contributed by atoms with van der Waals surface area (Å²) in [5.41, 5.74) is 0.545. The van der Waals surface area contributed by atoms with Gasteiger partial charge in [0.1, 0.15) is 6.10 Å². The van der Waals surface area contributed by atoms with Crippen LogP contribution in [0.15, 0.2) is 36.4 Å². The maximum atomic E-state index is 14.4. The molecule has 1 saturated heterocycles. The molecule has 150 valence electrons. The summed E-state index contributed by atoms with van der Waals surface area (Å²) in [6.45, 7) is 0.157. The fraction of sp³-hybridized carbons (Fsp3) is 0.350. The maximum Gasteiger partial charge on any atom is 0.257 e. The number of benzene rings is 2. The predicted molar refractivity (Wildman–Crippen MR) is 102 cm³/mol. The van der Waals surface area contributed by atoms with E-state index in [-0.39, 0.29) is 30.3 Å². The Morgan fingerprint density at radius 1 is 1.29 bits per heavy atom. The molecule has 1 N–H and O–H groups in total. The quantitative estimate of drug-likeness (QED) is 0.822. The molecule has 0 saturated carbocycles. The molecule has 6 nitrogen and oxygen atoms in total. The first-order valence-corrected chi connectivity index (χ1v) is 9.09. The van der Waals surface area contributed by atoms with Crippen LogP contribution in [0, 0.1) is 5.82 Å². The molecule has 0 unspecified atom stereocenters. The second kappa shape index (κ2) is 8.77. The van der Waals surface area contributed by atoms with Crippen LogP contribution in [-0.4, -0.2) is 56.0 Å². The van der Waals surface area contributed by atoms with Crippen LogP contribution in [0.5, 0.6) is 11.5 Å². The van der Waals surface area contributed by atoms with E-state index in [1.165, 1.54) is 37.3 Å². The second-order valence-electron chi connectivity index (χ2n) is 6.25. The van der Waals surface area contributed by atoms with Crippen LogP contribution in [0.3, 0.4) is 0 Å². The lowest BCUT2D eigenvalue weighted by molar-refractivity contribution is -0.0812. The van der Waals surface area contributed by atoms with Crippen molar-refractivity contribution in [1.82, 2.24) is 4.90 Å². The Morgan fingerprint density at radius 2 is 2.04 bits per heavy atom. The molecule has 3 rings (SSSR count). The summed E-state index contributed by atoms with van der Waals surface area (Å²) >= 11 is 5.84. The van der Waals surface area contributed by atoms with Crippen molar-refractivity contribution < 1.29 is 28.5 Å². The number of amides is 1. The lowest BCUT2D eigenvalue weighted by Crippen LogP contribution is -2.49. The summed E-state index contributed by atoms with van der Waals surface area (Å²) in [6.07, 6.45) is -0.668. The molecule has 0 aliphatic carbocycles. The Morgan fingerprint density at radius 3 is 2.71 bits per heavy atom. The van der Waals surface area contributed by atoms with Gasteiger partial charge in [0, 0.05) is 6.54 Å². The van der Waals surface area contributed by atoms with Crippen molar-refractivity contribution in [3.63, 3.8) is 0 Å². The van der Waals surface area contributed by atoms with E-state index >= 15 is 0 Å². The first kappa shape index (κ1) is 20.4. The lowest BCUT2D eigenvalue weighted by Gasteiger charge is -2.41. The van der Waals surface area contributed by atoms with Crippen molar-refractivity contribution in [2.45, 2.75) is 12.1 Å². The Bertz CT molecular complexity index is 862. The molecule has 0 bridgehead atoms. The van der Waals surface area contributed by atoms with Gasteiger partial charge in [0.25, 0.3) is 5.91 Å². The van der Waals surface area contributed by atoms with Crippen LogP contribution < -0.4 is 9.47 Å². The van der Waals surface area contributed by atoms with E-state index in [2.05, 4.69) is 0 Å². The van der Waals surface area contributed by atoms with E-state index in [1.54, 1.807) is 18.2 Å². The number of aliphatic hydroxyl groups excluding tert-OH is 1. The van der Waals surface area contributed by atoms with Crippen LogP contribution in [0.4, 0.5) is 4.39 Å². The molecule has 28 heavy (non-hydrogen) atoms. The van der Waals surface area contributed by atoms with Gasteiger partial charge in [-0.05, 0) is 29.8 Å². The molecule has 2 aromatic carbocycles. The number of ether oxygens (including phenoxy) is 3. The molecule has 1 aliphatic heterocycles. The topological polar surface area (TPSA) is 68.2 Å². The van der Waals surface area contributed by atoms with Crippen molar-refractivity contribution >= 4 is 17.5 Å². The highest BCUT2D eigenvalue weighted by atomic mass is 35.5. The van der Waals surface area contributed by atoms with Crippen LogP contribution in [0.2, 0.25) is 5.02 Å². The van der Waals surface area contributed by atoms with E-state index in [0.29, 0.717) is 17.1 Å². The molecule has 1 aliphatic rings. The summed E-state index contributed by atoms with van der Waals surface area (Å²) < 4.78 is 30.7. The zero-order valence-corrected chi connectivity index (χ0v) is 16.3. The third kappa shape index (κ3) is 3.78. The summed E-state index contributed by atoms with van der Waals surface area (Å²) in [7, 11) is 3.03. The number of rotatable bonds is 5. The number of morpholine rings is 1. The highest BCUT2D eigenvalue weighted by molar-refractivity contribution is 6.31. The Labute approximate surface area is 167 Å². The Balaban J connectivity index is 2.04. The monoisotopic (exact) mass is 409 g/mol. The first-order valence-electron chi connectivity index (χ1n) is 8.71. The molecule has 0 aromatic heterocycles. The van der Waals surface area contributed by atoms with E-state index in [0.717, 1.165) is 0 Å². The van der Waals surface area contributed by atoms with Crippen LogP contribution in [0.25, 0.3) is 0 Å². The number of carbonyl (C=O) groups excluding carboxylic acids is 1. The standard InChI is InChI=1S/C20H21ClFNO5/c1-26-15-7-6-12(10-16(15)27-2)19-17(11-24)28-9-8-23(19)20(25)13-4-3-5-14(21)18(13)22/h3-7,10,17,19,24H,8-9,11H2,1-2H3/t17-,19-/m0/s1. The summed E-state index contributed by atoms with van der Waals surface area (Å²) in [5.74, 6) is -0.292. The molecular weight excluding hydrogens is 389 g/mol. The molecule has 8 heteroatoms. The smallest absolute Gasteiger partial charge is 0.257 e. The van der Waals surface area contributed by atoms with Crippen molar-refractivity contribution in [3.8, 4) is 11.5 Å². The SMILES string of the molecule is COc1ccc([C@H]2[C@H](CO)OCCN2C(=O)c2cccc(Cl)c2F)cc1OC. The zero-order valence-electron chi connectivity index (χ0n) is 15.5.